The highest BCUT2D eigenvalue weighted by molar-refractivity contribution is 5.98. The molecule has 0 saturated heterocycles. The van der Waals surface area contributed by atoms with Crippen LogP contribution in [0.15, 0.2) is 42.5 Å². The van der Waals surface area contributed by atoms with Crippen LogP contribution in [0.3, 0.4) is 0 Å². The molecule has 0 aliphatic rings. The summed E-state index contributed by atoms with van der Waals surface area (Å²) in [6.07, 6.45) is 0.0955. The molecule has 0 aromatic heterocycles. The lowest BCUT2D eigenvalue weighted by Crippen LogP contribution is -2.32. The van der Waals surface area contributed by atoms with Crippen molar-refractivity contribution in [2.45, 2.75) is 20.3 Å². The molecule has 0 saturated carbocycles. The largest absolute Gasteiger partial charge is 0.493 e. The van der Waals surface area contributed by atoms with Gasteiger partial charge in [0.2, 0.25) is 11.8 Å². The molecule has 2 aromatic rings. The molecule has 0 radical (unpaired) electrons. The van der Waals surface area contributed by atoms with Crippen molar-refractivity contribution in [3.05, 3.63) is 48.0 Å². The summed E-state index contributed by atoms with van der Waals surface area (Å²) in [5.74, 6) is 0.526. The van der Waals surface area contributed by atoms with E-state index in [0.29, 0.717) is 28.4 Å². The third kappa shape index (κ3) is 5.33. The normalized spacial score (nSPS) is 10.1. The number of carbonyl (C=O) groups is 3. The molecule has 1 N–H and O–H groups in total. The maximum absolute atomic E-state index is 12.3. The monoisotopic (exact) mass is 384 g/mol. The standard InChI is InChI=1S/C21H24N2O5/c1-14(24)16-6-5-7-18(12-16)23(15(2)25)11-10-21(26)22-17-8-9-19(27-3)20(13-17)28-4/h5-9,12-13H,10-11H2,1-4H3,(H,22,26). The van der Waals surface area contributed by atoms with Crippen molar-refractivity contribution >= 4 is 29.0 Å². The summed E-state index contributed by atoms with van der Waals surface area (Å²) in [6.45, 7) is 3.08. The minimum absolute atomic E-state index is 0.0865. The van der Waals surface area contributed by atoms with Gasteiger partial charge in [-0.1, -0.05) is 12.1 Å². The quantitative estimate of drug-likeness (QED) is 0.706. The third-order valence-corrected chi connectivity index (χ3v) is 4.17. The summed E-state index contributed by atoms with van der Waals surface area (Å²) in [6, 6.07) is 11.9. The minimum Gasteiger partial charge on any atom is -0.493 e. The van der Waals surface area contributed by atoms with Crippen molar-refractivity contribution in [1.29, 1.82) is 0 Å². The molecule has 0 spiro atoms. The van der Waals surface area contributed by atoms with Gasteiger partial charge in [-0.2, -0.15) is 0 Å². The Balaban J connectivity index is 2.06. The number of hydrogen-bond acceptors (Lipinski definition) is 5. The van der Waals surface area contributed by atoms with Gasteiger partial charge in [0.1, 0.15) is 0 Å². The number of amides is 2. The topological polar surface area (TPSA) is 84.9 Å². The maximum Gasteiger partial charge on any atom is 0.226 e. The lowest BCUT2D eigenvalue weighted by atomic mass is 10.1. The molecule has 7 nitrogen and oxygen atoms in total. The van der Waals surface area contributed by atoms with Gasteiger partial charge in [-0.05, 0) is 31.2 Å². The van der Waals surface area contributed by atoms with Crippen LogP contribution in [-0.4, -0.2) is 38.4 Å². The van der Waals surface area contributed by atoms with Gasteiger partial charge < -0.3 is 19.7 Å². The van der Waals surface area contributed by atoms with Crippen molar-refractivity contribution in [1.82, 2.24) is 0 Å². The van der Waals surface area contributed by atoms with Crippen LogP contribution in [-0.2, 0) is 9.59 Å². The van der Waals surface area contributed by atoms with Crippen LogP contribution in [0.5, 0.6) is 11.5 Å². The molecular formula is C21H24N2O5. The van der Waals surface area contributed by atoms with Gasteiger partial charge in [0, 0.05) is 42.9 Å². The highest BCUT2D eigenvalue weighted by Crippen LogP contribution is 2.29. The zero-order valence-electron chi connectivity index (χ0n) is 16.4. The number of nitrogens with one attached hydrogen (secondary N) is 1. The van der Waals surface area contributed by atoms with Crippen molar-refractivity contribution < 1.29 is 23.9 Å². The van der Waals surface area contributed by atoms with Gasteiger partial charge in [0.05, 0.1) is 14.2 Å². The van der Waals surface area contributed by atoms with Gasteiger partial charge >= 0.3 is 0 Å². The molecule has 0 aliphatic heterocycles. The summed E-state index contributed by atoms with van der Waals surface area (Å²) in [7, 11) is 3.05. The first-order chi connectivity index (χ1) is 13.3. The molecular weight excluding hydrogens is 360 g/mol. The lowest BCUT2D eigenvalue weighted by Gasteiger charge is -2.21. The number of Topliss-reactive ketones (excluding diaryl/α,β-unsaturated/α-hetero) is 1. The molecule has 0 bridgehead atoms. The number of anilines is 2. The number of benzene rings is 2. The number of carbonyl (C=O) groups excluding carboxylic acids is 3. The molecule has 2 aromatic carbocycles. The summed E-state index contributed by atoms with van der Waals surface area (Å²) >= 11 is 0. The summed E-state index contributed by atoms with van der Waals surface area (Å²) in [5.41, 5.74) is 1.66. The Morgan fingerprint density at radius 1 is 0.964 bits per heavy atom. The van der Waals surface area contributed by atoms with E-state index in [2.05, 4.69) is 5.32 Å². The second-order valence-corrected chi connectivity index (χ2v) is 6.15. The molecule has 0 atom stereocenters. The minimum atomic E-state index is -0.249. The second-order valence-electron chi connectivity index (χ2n) is 6.15. The first kappa shape index (κ1) is 21.0. The number of nitrogens with zero attached hydrogens (tertiary/aromatic N) is 1. The van der Waals surface area contributed by atoms with Crippen molar-refractivity contribution in [3.8, 4) is 11.5 Å². The van der Waals surface area contributed by atoms with E-state index in [1.54, 1.807) is 42.5 Å². The van der Waals surface area contributed by atoms with Crippen LogP contribution in [0.1, 0.15) is 30.6 Å². The van der Waals surface area contributed by atoms with Crippen molar-refractivity contribution in [3.63, 3.8) is 0 Å². The Morgan fingerprint density at radius 3 is 2.29 bits per heavy atom. The van der Waals surface area contributed by atoms with E-state index in [4.69, 9.17) is 9.47 Å². The average molecular weight is 384 g/mol. The van der Waals surface area contributed by atoms with Crippen LogP contribution < -0.4 is 19.7 Å². The first-order valence-electron chi connectivity index (χ1n) is 8.76. The summed E-state index contributed by atoms with van der Waals surface area (Å²) in [4.78, 5) is 37.4. The molecule has 0 unspecified atom stereocenters. The molecule has 2 amide bonds. The Morgan fingerprint density at radius 2 is 1.68 bits per heavy atom. The van der Waals surface area contributed by atoms with E-state index >= 15 is 0 Å². The van der Waals surface area contributed by atoms with E-state index < -0.39 is 0 Å². The Hall–Kier alpha value is -3.35. The highest BCUT2D eigenvalue weighted by atomic mass is 16.5. The predicted molar refractivity (Wildman–Crippen MR) is 107 cm³/mol. The lowest BCUT2D eigenvalue weighted by molar-refractivity contribution is -0.117. The fourth-order valence-electron chi connectivity index (χ4n) is 2.71. The molecule has 28 heavy (non-hydrogen) atoms. The highest BCUT2D eigenvalue weighted by Gasteiger charge is 2.15. The van der Waals surface area contributed by atoms with Gasteiger partial charge in [-0.25, -0.2) is 0 Å². The first-order valence-corrected chi connectivity index (χ1v) is 8.76. The zero-order chi connectivity index (χ0) is 20.7. The maximum atomic E-state index is 12.3. The van der Waals surface area contributed by atoms with Crippen LogP contribution in [0.25, 0.3) is 0 Å². The Kier molecular flexibility index (Phi) is 7.14. The Bertz CT molecular complexity index is 879. The fraction of sp³-hybridized carbons (Fsp3) is 0.286. The number of rotatable bonds is 8. The van der Waals surface area contributed by atoms with Crippen LogP contribution in [0.2, 0.25) is 0 Å². The second kappa shape index (κ2) is 9.55. The van der Waals surface area contributed by atoms with Gasteiger partial charge in [-0.15, -0.1) is 0 Å². The molecule has 2 rings (SSSR count). The number of ketones is 1. The van der Waals surface area contributed by atoms with E-state index in [9.17, 15) is 14.4 Å². The van der Waals surface area contributed by atoms with E-state index in [-0.39, 0.29) is 30.6 Å². The molecule has 148 valence electrons. The number of methoxy groups -OCH3 is 2. The van der Waals surface area contributed by atoms with Gasteiger partial charge in [-0.3, -0.25) is 14.4 Å². The van der Waals surface area contributed by atoms with Crippen molar-refractivity contribution in [2.24, 2.45) is 0 Å². The van der Waals surface area contributed by atoms with E-state index in [1.807, 2.05) is 0 Å². The van der Waals surface area contributed by atoms with Crippen LogP contribution in [0, 0.1) is 0 Å². The van der Waals surface area contributed by atoms with Crippen LogP contribution >= 0.6 is 0 Å². The SMILES string of the molecule is COc1ccc(NC(=O)CCN(C(C)=O)c2cccc(C(C)=O)c2)cc1OC. The smallest absolute Gasteiger partial charge is 0.226 e. The average Bonchev–Trinajstić information content (AvgIpc) is 2.67. The molecule has 7 heteroatoms. The molecule has 0 aliphatic carbocycles. The molecule has 0 heterocycles. The fourth-order valence-corrected chi connectivity index (χ4v) is 2.71. The van der Waals surface area contributed by atoms with Gasteiger partial charge in [0.25, 0.3) is 0 Å². The number of hydrogen-bond donors (Lipinski definition) is 1. The summed E-state index contributed by atoms with van der Waals surface area (Å²) < 4.78 is 10.4. The van der Waals surface area contributed by atoms with E-state index in [0.717, 1.165) is 0 Å². The zero-order valence-corrected chi connectivity index (χ0v) is 16.4. The predicted octanol–water partition coefficient (Wildman–Crippen LogP) is 3.29. The Labute approximate surface area is 164 Å². The molecule has 0 fully saturated rings. The third-order valence-electron chi connectivity index (χ3n) is 4.17. The number of ether oxygens (including phenoxy) is 2. The summed E-state index contributed by atoms with van der Waals surface area (Å²) in [5, 5.41) is 2.78. The van der Waals surface area contributed by atoms with Gasteiger partial charge in [0.15, 0.2) is 17.3 Å². The van der Waals surface area contributed by atoms with Crippen LogP contribution in [0.4, 0.5) is 11.4 Å². The van der Waals surface area contributed by atoms with Crippen molar-refractivity contribution in [2.75, 3.05) is 31.0 Å². The van der Waals surface area contributed by atoms with E-state index in [1.165, 1.54) is 33.0 Å².